The molecule has 2 atom stereocenters. The monoisotopic (exact) mass is 360 g/mol. The Morgan fingerprint density at radius 1 is 1.24 bits per heavy atom. The van der Waals surface area contributed by atoms with Crippen LogP contribution in [0.1, 0.15) is 43.2 Å². The maximum Gasteiger partial charge on any atom is 0.290 e. The van der Waals surface area contributed by atoms with Gasteiger partial charge in [0.25, 0.3) is 6.47 Å². The summed E-state index contributed by atoms with van der Waals surface area (Å²) >= 11 is 5.84. The van der Waals surface area contributed by atoms with Crippen LogP contribution in [0.25, 0.3) is 0 Å². The second kappa shape index (κ2) is 13.3. The van der Waals surface area contributed by atoms with Gasteiger partial charge in [0.1, 0.15) is 0 Å². The largest absolute Gasteiger partial charge is 0.483 e. The van der Waals surface area contributed by atoms with Crippen molar-refractivity contribution < 1.29 is 9.90 Å². The SMILES string of the molecule is C=CCC(C(=C)/C=C\C(=C)Cl)C(CCC)c1ccc(C)cc1.O=CO. The van der Waals surface area contributed by atoms with Gasteiger partial charge in [-0.25, -0.2) is 0 Å². The molecule has 0 aliphatic rings. The molecule has 0 saturated heterocycles. The van der Waals surface area contributed by atoms with Crippen molar-refractivity contribution in [2.75, 3.05) is 0 Å². The quantitative estimate of drug-likeness (QED) is 0.304. The van der Waals surface area contributed by atoms with E-state index < -0.39 is 0 Å². The molecule has 0 saturated carbocycles. The highest BCUT2D eigenvalue weighted by molar-refractivity contribution is 6.30. The summed E-state index contributed by atoms with van der Waals surface area (Å²) in [6, 6.07) is 8.84. The predicted octanol–water partition coefficient (Wildman–Crippen LogP) is 6.64. The highest BCUT2D eigenvalue weighted by atomic mass is 35.5. The van der Waals surface area contributed by atoms with Crippen LogP contribution < -0.4 is 0 Å². The summed E-state index contributed by atoms with van der Waals surface area (Å²) in [5, 5.41) is 7.42. The molecule has 3 heteroatoms. The lowest BCUT2D eigenvalue weighted by Gasteiger charge is -2.27. The normalized spacial score (nSPS) is 12.6. The first-order valence-electron chi connectivity index (χ1n) is 8.37. The van der Waals surface area contributed by atoms with Crippen molar-refractivity contribution >= 4 is 18.1 Å². The fourth-order valence-corrected chi connectivity index (χ4v) is 2.86. The number of carboxylic acid groups (broad SMARTS) is 1. The Kier molecular flexibility index (Phi) is 12.2. The molecule has 2 nitrogen and oxygen atoms in total. The molecule has 0 aliphatic carbocycles. The van der Waals surface area contributed by atoms with Gasteiger partial charge in [0.15, 0.2) is 0 Å². The van der Waals surface area contributed by atoms with Gasteiger partial charge in [0.2, 0.25) is 0 Å². The summed E-state index contributed by atoms with van der Waals surface area (Å²) in [5.41, 5.74) is 3.75. The Bertz CT molecular complexity index is 585. The highest BCUT2D eigenvalue weighted by Crippen LogP contribution is 2.36. The predicted molar refractivity (Wildman–Crippen MR) is 109 cm³/mol. The summed E-state index contributed by atoms with van der Waals surface area (Å²) in [4.78, 5) is 8.36. The third-order valence-corrected chi connectivity index (χ3v) is 4.09. The van der Waals surface area contributed by atoms with E-state index in [1.54, 1.807) is 0 Å². The summed E-state index contributed by atoms with van der Waals surface area (Å²) in [5.74, 6) is 0.789. The molecule has 2 unspecified atom stereocenters. The van der Waals surface area contributed by atoms with Crippen LogP contribution in [0.15, 0.2) is 72.8 Å². The topological polar surface area (TPSA) is 37.3 Å². The minimum Gasteiger partial charge on any atom is -0.483 e. The Hall–Kier alpha value is -2.06. The van der Waals surface area contributed by atoms with Gasteiger partial charge in [0, 0.05) is 5.03 Å². The average molecular weight is 361 g/mol. The van der Waals surface area contributed by atoms with E-state index in [9.17, 15) is 0 Å². The lowest BCUT2D eigenvalue weighted by atomic mass is 9.77. The molecule has 0 amide bonds. The first-order valence-corrected chi connectivity index (χ1v) is 8.75. The second-order valence-corrected chi connectivity index (χ2v) is 6.38. The molecule has 136 valence electrons. The van der Waals surface area contributed by atoms with Crippen molar-refractivity contribution in [3.63, 3.8) is 0 Å². The molecule has 1 rings (SSSR count). The number of allylic oxidation sites excluding steroid dienone is 5. The summed E-state index contributed by atoms with van der Waals surface area (Å²) in [6.45, 7) is 16.0. The van der Waals surface area contributed by atoms with Gasteiger partial charge in [-0.2, -0.15) is 0 Å². The molecule has 0 radical (unpaired) electrons. The third-order valence-electron chi connectivity index (χ3n) is 3.97. The summed E-state index contributed by atoms with van der Waals surface area (Å²) < 4.78 is 0. The fraction of sp³-hybridized carbons (Fsp3) is 0.318. The molecule has 0 aliphatic heterocycles. The molecule has 1 N–H and O–H groups in total. The van der Waals surface area contributed by atoms with Crippen molar-refractivity contribution in [3.05, 3.63) is 84.0 Å². The second-order valence-electron chi connectivity index (χ2n) is 5.90. The van der Waals surface area contributed by atoms with Crippen LogP contribution in [0, 0.1) is 12.8 Å². The van der Waals surface area contributed by atoms with Gasteiger partial charge < -0.3 is 5.11 Å². The van der Waals surface area contributed by atoms with Gasteiger partial charge in [0.05, 0.1) is 0 Å². The Morgan fingerprint density at radius 2 is 1.80 bits per heavy atom. The van der Waals surface area contributed by atoms with Gasteiger partial charge in [-0.3, -0.25) is 4.79 Å². The van der Waals surface area contributed by atoms with E-state index in [2.05, 4.69) is 57.8 Å². The smallest absolute Gasteiger partial charge is 0.290 e. The minimum absolute atomic E-state index is 0.250. The number of rotatable bonds is 9. The van der Waals surface area contributed by atoms with E-state index in [4.69, 9.17) is 21.5 Å². The fourth-order valence-electron chi connectivity index (χ4n) is 2.80. The van der Waals surface area contributed by atoms with Crippen LogP contribution in [0.2, 0.25) is 0 Å². The Morgan fingerprint density at radius 3 is 2.24 bits per heavy atom. The van der Waals surface area contributed by atoms with Crippen molar-refractivity contribution in [2.24, 2.45) is 5.92 Å². The molecule has 0 spiro atoms. The molecular weight excluding hydrogens is 332 g/mol. The van der Waals surface area contributed by atoms with E-state index in [1.807, 2.05) is 18.2 Å². The van der Waals surface area contributed by atoms with Gasteiger partial charge in [-0.05, 0) is 43.2 Å². The van der Waals surface area contributed by atoms with Crippen LogP contribution in [0.4, 0.5) is 0 Å². The molecule has 0 fully saturated rings. The molecule has 0 heterocycles. The lowest BCUT2D eigenvalue weighted by molar-refractivity contribution is -0.122. The Labute approximate surface area is 157 Å². The molecule has 0 bridgehead atoms. The summed E-state index contributed by atoms with van der Waals surface area (Å²) in [6.07, 6.45) is 8.98. The van der Waals surface area contributed by atoms with E-state index in [0.29, 0.717) is 16.9 Å². The number of halogens is 1. The van der Waals surface area contributed by atoms with Crippen LogP contribution >= 0.6 is 11.6 Å². The zero-order valence-electron chi connectivity index (χ0n) is 15.2. The van der Waals surface area contributed by atoms with E-state index >= 15 is 0 Å². The maximum atomic E-state index is 8.36. The minimum atomic E-state index is -0.250. The number of benzene rings is 1. The summed E-state index contributed by atoms with van der Waals surface area (Å²) in [7, 11) is 0. The number of carbonyl (C=O) groups is 1. The molecule has 25 heavy (non-hydrogen) atoms. The Balaban J connectivity index is 0.00000178. The standard InChI is InChI=1S/C21H27Cl.CH2O2/c1-6-8-20(17(4)12-13-18(5)22)21(9-7-2)19-14-10-16(3)11-15-19;2-1-3/h6,10-15,20-21H,1,4-5,7-9H2,2-3H3;1H,(H,2,3)/b13-12-;. The van der Waals surface area contributed by atoms with Crippen molar-refractivity contribution in [1.82, 2.24) is 0 Å². The zero-order valence-corrected chi connectivity index (χ0v) is 16.0. The van der Waals surface area contributed by atoms with Crippen molar-refractivity contribution in [1.29, 1.82) is 0 Å². The number of hydrogen-bond donors (Lipinski definition) is 1. The van der Waals surface area contributed by atoms with E-state index in [1.165, 1.54) is 11.1 Å². The molecule has 1 aromatic rings. The molecule has 1 aromatic carbocycles. The molecule has 0 aromatic heterocycles. The lowest BCUT2D eigenvalue weighted by Crippen LogP contribution is -2.14. The van der Waals surface area contributed by atoms with Gasteiger partial charge in [-0.15, -0.1) is 6.58 Å². The average Bonchev–Trinajstić information content (AvgIpc) is 2.57. The number of aryl methyl sites for hydroxylation is 1. The first-order chi connectivity index (χ1) is 11.9. The first kappa shape index (κ1) is 22.9. The van der Waals surface area contributed by atoms with Crippen molar-refractivity contribution in [3.8, 4) is 0 Å². The highest BCUT2D eigenvalue weighted by Gasteiger charge is 2.23. The van der Waals surface area contributed by atoms with E-state index in [-0.39, 0.29) is 6.47 Å². The zero-order chi connectivity index (χ0) is 19.2. The van der Waals surface area contributed by atoms with Crippen LogP contribution in [0.5, 0.6) is 0 Å². The van der Waals surface area contributed by atoms with Crippen LogP contribution in [0.3, 0.4) is 0 Å². The number of hydrogen-bond acceptors (Lipinski definition) is 1. The van der Waals surface area contributed by atoms with Gasteiger partial charge in [-0.1, -0.05) is 85.7 Å². The van der Waals surface area contributed by atoms with Gasteiger partial charge >= 0.3 is 0 Å². The van der Waals surface area contributed by atoms with Crippen LogP contribution in [-0.4, -0.2) is 11.6 Å². The van der Waals surface area contributed by atoms with Crippen molar-refractivity contribution in [2.45, 2.75) is 39.0 Å². The van der Waals surface area contributed by atoms with Crippen LogP contribution in [-0.2, 0) is 4.79 Å². The molecular formula is C22H29ClO2. The third kappa shape index (κ3) is 9.11. The maximum absolute atomic E-state index is 8.36. The van der Waals surface area contributed by atoms with E-state index in [0.717, 1.165) is 24.8 Å².